The second-order valence-electron chi connectivity index (χ2n) is 9.36. The number of aryl methyl sites for hydroxylation is 1. The van der Waals surface area contributed by atoms with Gasteiger partial charge >= 0.3 is 0 Å². The number of β-amino-alcohol motifs (C(OH)–C–C–N with tert-alkyl or cyclic N) is 1. The lowest BCUT2D eigenvalue weighted by molar-refractivity contribution is -0.0588. The average molecular weight is 410 g/mol. The molecule has 0 amide bonds. The molecule has 160 valence electrons. The Balaban J connectivity index is 1.21. The van der Waals surface area contributed by atoms with E-state index in [4.69, 9.17) is 9.47 Å². The molecule has 0 aromatic heterocycles. The minimum absolute atomic E-state index is 0.213. The van der Waals surface area contributed by atoms with Gasteiger partial charge in [-0.2, -0.15) is 0 Å². The highest BCUT2D eigenvalue weighted by Crippen LogP contribution is 2.44. The molecule has 5 nitrogen and oxygen atoms in total. The minimum atomic E-state index is -0.512. The maximum absolute atomic E-state index is 10.8. The molecule has 1 saturated heterocycles. The highest BCUT2D eigenvalue weighted by atomic mass is 16.5. The van der Waals surface area contributed by atoms with Crippen molar-refractivity contribution in [2.75, 3.05) is 19.6 Å². The van der Waals surface area contributed by atoms with E-state index in [1.54, 1.807) is 0 Å². The third-order valence-electron chi connectivity index (χ3n) is 6.92. The van der Waals surface area contributed by atoms with Crippen molar-refractivity contribution >= 4 is 0 Å². The quantitative estimate of drug-likeness (QED) is 0.809. The fourth-order valence-corrected chi connectivity index (χ4v) is 5.21. The Morgan fingerprint density at radius 1 is 1.13 bits per heavy atom. The van der Waals surface area contributed by atoms with Crippen molar-refractivity contribution in [1.29, 1.82) is 0 Å². The van der Waals surface area contributed by atoms with Crippen molar-refractivity contribution in [3.8, 4) is 11.5 Å². The second-order valence-corrected chi connectivity index (χ2v) is 9.36. The predicted octanol–water partition coefficient (Wildman–Crippen LogP) is 3.70. The SMILES string of the molecule is Cc1ccc2c(c1)[C@H](O)CC1(CCN(C[C@@H](O)c3ccc4c(c3)C[C@@H](C)O4)CC1)O2. The molecule has 3 atom stereocenters. The highest BCUT2D eigenvalue weighted by molar-refractivity contribution is 5.42. The minimum Gasteiger partial charge on any atom is -0.490 e. The topological polar surface area (TPSA) is 62.2 Å². The highest BCUT2D eigenvalue weighted by Gasteiger charge is 2.43. The van der Waals surface area contributed by atoms with Crippen molar-refractivity contribution in [3.63, 3.8) is 0 Å². The smallest absolute Gasteiger partial charge is 0.125 e. The Labute approximate surface area is 178 Å². The van der Waals surface area contributed by atoms with Gasteiger partial charge in [-0.15, -0.1) is 0 Å². The van der Waals surface area contributed by atoms with E-state index in [1.165, 1.54) is 5.56 Å². The third kappa shape index (κ3) is 3.70. The molecule has 0 aliphatic carbocycles. The molecule has 1 spiro atoms. The molecule has 0 radical (unpaired) electrons. The standard InChI is InChI=1S/C25H31NO4/c1-16-3-5-24-20(11-16)21(27)14-25(30-24)7-9-26(10-8-25)15-22(28)18-4-6-23-19(13-18)12-17(2)29-23/h3-6,11,13,17,21-22,27-28H,7-10,12,14-15H2,1-2H3/t17-,21-,22-/m1/s1. The molecule has 2 aromatic rings. The maximum Gasteiger partial charge on any atom is 0.125 e. The Hall–Kier alpha value is -2.08. The Morgan fingerprint density at radius 2 is 1.90 bits per heavy atom. The maximum atomic E-state index is 10.8. The van der Waals surface area contributed by atoms with E-state index in [2.05, 4.69) is 17.9 Å². The number of ether oxygens (including phenoxy) is 2. The van der Waals surface area contributed by atoms with E-state index >= 15 is 0 Å². The van der Waals surface area contributed by atoms with Crippen LogP contribution >= 0.6 is 0 Å². The van der Waals surface area contributed by atoms with Crippen molar-refractivity contribution in [1.82, 2.24) is 4.90 Å². The predicted molar refractivity (Wildman–Crippen MR) is 115 cm³/mol. The largest absolute Gasteiger partial charge is 0.490 e. The molecule has 5 heteroatoms. The van der Waals surface area contributed by atoms with Gasteiger partial charge in [0, 0.05) is 38.0 Å². The third-order valence-corrected chi connectivity index (χ3v) is 6.92. The summed E-state index contributed by atoms with van der Waals surface area (Å²) < 4.78 is 12.2. The van der Waals surface area contributed by atoms with E-state index < -0.39 is 12.2 Å². The number of nitrogens with zero attached hydrogens (tertiary/aromatic N) is 1. The van der Waals surface area contributed by atoms with Crippen LogP contribution in [0.1, 0.15) is 60.6 Å². The van der Waals surface area contributed by atoms with Gasteiger partial charge in [0.15, 0.2) is 0 Å². The lowest BCUT2D eigenvalue weighted by Crippen LogP contribution is -2.51. The molecule has 3 aliphatic heterocycles. The second kappa shape index (κ2) is 7.56. The molecule has 0 saturated carbocycles. The van der Waals surface area contributed by atoms with Gasteiger partial charge in [0.25, 0.3) is 0 Å². The van der Waals surface area contributed by atoms with Crippen molar-refractivity contribution in [2.45, 2.75) is 63.4 Å². The summed E-state index contributed by atoms with van der Waals surface area (Å²) in [7, 11) is 0. The first-order valence-corrected chi connectivity index (χ1v) is 11.1. The summed E-state index contributed by atoms with van der Waals surface area (Å²) in [6, 6.07) is 12.1. The van der Waals surface area contributed by atoms with Crippen LogP contribution in [0.5, 0.6) is 11.5 Å². The number of benzene rings is 2. The van der Waals surface area contributed by atoms with Crippen LogP contribution in [0.3, 0.4) is 0 Å². The van der Waals surface area contributed by atoms with Gasteiger partial charge in [-0.1, -0.05) is 17.7 Å². The fraction of sp³-hybridized carbons (Fsp3) is 0.520. The molecule has 3 aliphatic rings. The molecular formula is C25H31NO4. The number of hydrogen-bond acceptors (Lipinski definition) is 5. The molecule has 5 rings (SSSR count). The van der Waals surface area contributed by atoms with Crippen LogP contribution in [0.15, 0.2) is 36.4 Å². The van der Waals surface area contributed by atoms with Gasteiger partial charge in [-0.05, 0) is 62.1 Å². The Bertz CT molecular complexity index is 935. The summed E-state index contributed by atoms with van der Waals surface area (Å²) in [6.07, 6.45) is 2.50. The van der Waals surface area contributed by atoms with E-state index in [1.807, 2.05) is 37.3 Å². The lowest BCUT2D eigenvalue weighted by atomic mass is 9.81. The van der Waals surface area contributed by atoms with Gasteiger partial charge in [-0.3, -0.25) is 0 Å². The van der Waals surface area contributed by atoms with Crippen LogP contribution in [0.4, 0.5) is 0 Å². The number of fused-ring (bicyclic) bond motifs is 2. The van der Waals surface area contributed by atoms with Crippen LogP contribution in [0.2, 0.25) is 0 Å². The van der Waals surface area contributed by atoms with Crippen LogP contribution in [0, 0.1) is 6.92 Å². The van der Waals surface area contributed by atoms with Crippen LogP contribution in [0.25, 0.3) is 0 Å². The summed E-state index contributed by atoms with van der Waals surface area (Å²) in [5, 5.41) is 21.5. The Kier molecular flexibility index (Phi) is 5.00. The molecule has 3 heterocycles. The van der Waals surface area contributed by atoms with Crippen LogP contribution in [-0.2, 0) is 6.42 Å². The van der Waals surface area contributed by atoms with E-state index in [9.17, 15) is 10.2 Å². The first-order valence-electron chi connectivity index (χ1n) is 11.1. The van der Waals surface area contributed by atoms with Crippen molar-refractivity contribution in [3.05, 3.63) is 58.7 Å². The van der Waals surface area contributed by atoms with Gasteiger partial charge in [0.1, 0.15) is 23.2 Å². The number of piperidine rings is 1. The molecule has 0 bridgehead atoms. The zero-order chi connectivity index (χ0) is 20.9. The molecule has 0 unspecified atom stereocenters. The number of hydrogen-bond donors (Lipinski definition) is 2. The summed E-state index contributed by atoms with van der Waals surface area (Å²) in [4.78, 5) is 2.31. The molecule has 30 heavy (non-hydrogen) atoms. The van der Waals surface area contributed by atoms with E-state index in [0.29, 0.717) is 13.0 Å². The monoisotopic (exact) mass is 409 g/mol. The van der Waals surface area contributed by atoms with E-state index in [-0.39, 0.29) is 11.7 Å². The Morgan fingerprint density at radius 3 is 2.70 bits per heavy atom. The molecular weight excluding hydrogens is 378 g/mol. The zero-order valence-corrected chi connectivity index (χ0v) is 17.8. The summed E-state index contributed by atoms with van der Waals surface area (Å²) >= 11 is 0. The average Bonchev–Trinajstić information content (AvgIpc) is 3.10. The first-order chi connectivity index (χ1) is 14.4. The van der Waals surface area contributed by atoms with Crippen molar-refractivity contribution in [2.24, 2.45) is 0 Å². The van der Waals surface area contributed by atoms with Crippen LogP contribution in [-0.4, -0.2) is 46.5 Å². The number of likely N-dealkylation sites (tertiary alicyclic amines) is 1. The summed E-state index contributed by atoms with van der Waals surface area (Å²) in [5.41, 5.74) is 3.90. The zero-order valence-electron chi connectivity index (χ0n) is 17.8. The first kappa shape index (κ1) is 19.9. The normalized spacial score (nSPS) is 25.9. The lowest BCUT2D eigenvalue weighted by Gasteiger charge is -2.46. The van der Waals surface area contributed by atoms with E-state index in [0.717, 1.165) is 60.5 Å². The summed E-state index contributed by atoms with van der Waals surface area (Å²) in [6.45, 7) is 6.44. The molecule has 2 aromatic carbocycles. The summed E-state index contributed by atoms with van der Waals surface area (Å²) in [5.74, 6) is 1.77. The van der Waals surface area contributed by atoms with Gasteiger partial charge in [0.2, 0.25) is 0 Å². The molecule has 2 N–H and O–H groups in total. The number of aliphatic hydroxyl groups excluding tert-OH is 2. The molecule has 1 fully saturated rings. The van der Waals surface area contributed by atoms with Gasteiger partial charge in [-0.25, -0.2) is 0 Å². The van der Waals surface area contributed by atoms with Gasteiger partial charge in [0.05, 0.1) is 12.2 Å². The van der Waals surface area contributed by atoms with Crippen LogP contribution < -0.4 is 9.47 Å². The number of aliphatic hydroxyl groups is 2. The fourth-order valence-electron chi connectivity index (χ4n) is 5.21. The van der Waals surface area contributed by atoms with Gasteiger partial charge < -0.3 is 24.6 Å². The number of rotatable bonds is 3. The van der Waals surface area contributed by atoms with Crippen molar-refractivity contribution < 1.29 is 19.7 Å².